The maximum Gasteiger partial charge on any atom is 0.472 e. The number of esters is 4. The van der Waals surface area contributed by atoms with Gasteiger partial charge in [-0.05, 0) is 25.7 Å². The van der Waals surface area contributed by atoms with Gasteiger partial charge in [-0.2, -0.15) is 0 Å². The highest BCUT2D eigenvalue weighted by molar-refractivity contribution is 7.47. The lowest BCUT2D eigenvalue weighted by Crippen LogP contribution is -2.30. The molecule has 0 aromatic carbocycles. The number of phosphoric ester groups is 2. The Morgan fingerprint density at radius 2 is 0.444 bits per heavy atom. The number of hydrogen-bond acceptors (Lipinski definition) is 15. The van der Waals surface area contributed by atoms with Crippen LogP contribution in [0.25, 0.3) is 0 Å². The molecule has 19 heteroatoms. The topological polar surface area (TPSA) is 237 Å². The second kappa shape index (κ2) is 65.7. The minimum absolute atomic E-state index is 0.104. The van der Waals surface area contributed by atoms with Gasteiger partial charge in [-0.1, -0.05) is 323 Å². The van der Waals surface area contributed by atoms with Gasteiger partial charge < -0.3 is 33.8 Å². The standard InChI is InChI=1S/C71H138O17P2/c1-5-9-13-17-21-23-25-27-29-30-31-32-33-34-36-38-40-42-46-50-54-58-71(76)88-67(62-82-69(74)56-52-48-45-41-39-37-35-28-26-24-22-18-14-10-6-2)64-86-90(79,80)84-60-65(72)59-83-89(77,78)85-63-66(87-70(75)57-53-49-44-20-16-12-8-4)61-81-68(73)55-51-47-43-19-15-11-7-3/h65-67,72H,5-64H2,1-4H3,(H,77,78)(H,79,80)/t65-,66+,67+/m0/s1. The average Bonchev–Trinajstić information content (AvgIpc) is 3.64. The molecule has 0 fully saturated rings. The summed E-state index contributed by atoms with van der Waals surface area (Å²) in [5.41, 5.74) is 0. The van der Waals surface area contributed by atoms with E-state index < -0.39 is 97.5 Å². The van der Waals surface area contributed by atoms with Crippen molar-refractivity contribution in [3.05, 3.63) is 0 Å². The van der Waals surface area contributed by atoms with Gasteiger partial charge in [-0.15, -0.1) is 0 Å². The van der Waals surface area contributed by atoms with E-state index in [0.29, 0.717) is 25.7 Å². The number of ether oxygens (including phenoxy) is 4. The van der Waals surface area contributed by atoms with Crippen molar-refractivity contribution < 1.29 is 80.2 Å². The van der Waals surface area contributed by atoms with Crippen molar-refractivity contribution in [3.63, 3.8) is 0 Å². The molecule has 2 unspecified atom stereocenters. The maximum atomic E-state index is 13.0. The zero-order valence-electron chi connectivity index (χ0n) is 58.1. The van der Waals surface area contributed by atoms with Crippen LogP contribution in [0.4, 0.5) is 0 Å². The summed E-state index contributed by atoms with van der Waals surface area (Å²) in [5.74, 6) is -2.13. The molecule has 0 aliphatic heterocycles. The van der Waals surface area contributed by atoms with Crippen molar-refractivity contribution in [2.75, 3.05) is 39.6 Å². The third-order valence-corrected chi connectivity index (χ3v) is 18.5. The molecule has 0 spiro atoms. The lowest BCUT2D eigenvalue weighted by molar-refractivity contribution is -0.161. The van der Waals surface area contributed by atoms with Gasteiger partial charge in [0, 0.05) is 25.7 Å². The predicted molar refractivity (Wildman–Crippen MR) is 363 cm³/mol. The summed E-state index contributed by atoms with van der Waals surface area (Å²) in [4.78, 5) is 72.2. The quantitative estimate of drug-likeness (QED) is 0.0222. The SMILES string of the molecule is CCCCCCCCCCCCCCCCCCCCCCCC(=O)O[C@H](COC(=O)CCCCCCCCCCCCCCCCC)COP(=O)(O)OC[C@@H](O)COP(=O)(O)OC[C@@H](COC(=O)CCCCCCCCC)OC(=O)CCCCCCCCC. The first kappa shape index (κ1) is 88.1. The molecule has 0 saturated carbocycles. The molecule has 90 heavy (non-hydrogen) atoms. The molecular formula is C71H138O17P2. The molecule has 0 aromatic heterocycles. The first-order valence-electron chi connectivity index (χ1n) is 37.3. The van der Waals surface area contributed by atoms with Gasteiger partial charge in [0.2, 0.25) is 0 Å². The van der Waals surface area contributed by atoms with Crippen LogP contribution in [0.3, 0.4) is 0 Å². The molecule has 0 rings (SSSR count). The molecule has 0 amide bonds. The van der Waals surface area contributed by atoms with Crippen LogP contribution in [0.2, 0.25) is 0 Å². The van der Waals surface area contributed by atoms with Crippen LogP contribution in [0.5, 0.6) is 0 Å². The second-order valence-corrected chi connectivity index (χ2v) is 28.5. The summed E-state index contributed by atoms with van der Waals surface area (Å²) in [6, 6.07) is 0. The van der Waals surface area contributed by atoms with E-state index in [1.165, 1.54) is 180 Å². The summed E-state index contributed by atoms with van der Waals surface area (Å²) in [6.45, 7) is 4.86. The van der Waals surface area contributed by atoms with E-state index in [1.54, 1.807) is 0 Å². The first-order chi connectivity index (χ1) is 43.7. The molecule has 0 aromatic rings. The first-order valence-corrected chi connectivity index (χ1v) is 40.3. The van der Waals surface area contributed by atoms with Gasteiger partial charge >= 0.3 is 39.5 Å². The van der Waals surface area contributed by atoms with Gasteiger partial charge in [0.15, 0.2) is 12.2 Å². The van der Waals surface area contributed by atoms with Crippen LogP contribution in [-0.2, 0) is 65.4 Å². The third-order valence-electron chi connectivity index (χ3n) is 16.6. The van der Waals surface area contributed by atoms with Crippen LogP contribution >= 0.6 is 15.6 Å². The zero-order valence-corrected chi connectivity index (χ0v) is 59.9. The number of phosphoric acid groups is 2. The van der Waals surface area contributed by atoms with E-state index in [9.17, 15) is 43.2 Å². The summed E-state index contributed by atoms with van der Waals surface area (Å²) in [5, 5.41) is 10.6. The fourth-order valence-electron chi connectivity index (χ4n) is 10.9. The van der Waals surface area contributed by atoms with Crippen LogP contribution < -0.4 is 0 Å². The van der Waals surface area contributed by atoms with Crippen molar-refractivity contribution in [2.24, 2.45) is 0 Å². The number of aliphatic hydroxyl groups excluding tert-OH is 1. The van der Waals surface area contributed by atoms with Gasteiger partial charge in [-0.3, -0.25) is 37.3 Å². The Hall–Kier alpha value is -1.94. The molecule has 0 saturated heterocycles. The van der Waals surface area contributed by atoms with Gasteiger partial charge in [-0.25, -0.2) is 9.13 Å². The van der Waals surface area contributed by atoms with Gasteiger partial charge in [0.05, 0.1) is 26.4 Å². The maximum absolute atomic E-state index is 13.0. The molecule has 0 heterocycles. The second-order valence-electron chi connectivity index (χ2n) is 25.6. The average molecular weight is 1330 g/mol. The number of carbonyl (C=O) groups excluding carboxylic acids is 4. The summed E-state index contributed by atoms with van der Waals surface area (Å²) < 4.78 is 68.1. The summed E-state index contributed by atoms with van der Waals surface area (Å²) >= 11 is 0. The molecular weight excluding hydrogens is 1190 g/mol. The van der Waals surface area contributed by atoms with E-state index in [-0.39, 0.29) is 25.7 Å². The molecule has 0 aliphatic carbocycles. The van der Waals surface area contributed by atoms with Crippen molar-refractivity contribution in [1.29, 1.82) is 0 Å². The predicted octanol–water partition coefficient (Wildman–Crippen LogP) is 20.7. The fourth-order valence-corrected chi connectivity index (χ4v) is 12.4. The lowest BCUT2D eigenvalue weighted by Gasteiger charge is -2.21. The molecule has 17 nitrogen and oxygen atoms in total. The van der Waals surface area contributed by atoms with Gasteiger partial charge in [0.1, 0.15) is 19.3 Å². The highest BCUT2D eigenvalue weighted by Gasteiger charge is 2.30. The molecule has 534 valence electrons. The third kappa shape index (κ3) is 64.8. The normalized spacial score (nSPS) is 14.0. The molecule has 0 aliphatic rings. The summed E-state index contributed by atoms with van der Waals surface area (Å²) in [6.07, 6.45) is 54.6. The van der Waals surface area contributed by atoms with Crippen LogP contribution in [0, 0.1) is 0 Å². The highest BCUT2D eigenvalue weighted by Crippen LogP contribution is 2.45. The number of hydrogen-bond donors (Lipinski definition) is 3. The van der Waals surface area contributed by atoms with Crippen LogP contribution in [-0.4, -0.2) is 96.7 Å². The van der Waals surface area contributed by atoms with Crippen LogP contribution in [0.15, 0.2) is 0 Å². The van der Waals surface area contributed by atoms with E-state index in [2.05, 4.69) is 27.7 Å². The van der Waals surface area contributed by atoms with E-state index in [0.717, 1.165) is 116 Å². The molecule has 0 bridgehead atoms. The Morgan fingerprint density at radius 3 is 0.656 bits per heavy atom. The molecule has 3 N–H and O–H groups in total. The van der Waals surface area contributed by atoms with Crippen molar-refractivity contribution >= 4 is 39.5 Å². The van der Waals surface area contributed by atoms with Crippen LogP contribution in [0.1, 0.15) is 374 Å². The number of rotatable bonds is 72. The van der Waals surface area contributed by atoms with E-state index in [4.69, 9.17) is 37.0 Å². The Kier molecular flexibility index (Phi) is 64.3. The largest absolute Gasteiger partial charge is 0.472 e. The summed E-state index contributed by atoms with van der Waals surface area (Å²) in [7, 11) is -9.89. The Balaban J connectivity index is 5.11. The Morgan fingerprint density at radius 1 is 0.267 bits per heavy atom. The van der Waals surface area contributed by atoms with Gasteiger partial charge in [0.25, 0.3) is 0 Å². The number of aliphatic hydroxyl groups is 1. The molecule has 5 atom stereocenters. The monoisotopic (exact) mass is 1320 g/mol. The Bertz CT molecular complexity index is 1720. The Labute approximate surface area is 549 Å². The van der Waals surface area contributed by atoms with Crippen molar-refractivity contribution in [2.45, 2.75) is 393 Å². The lowest BCUT2D eigenvalue weighted by atomic mass is 10.0. The van der Waals surface area contributed by atoms with Crippen molar-refractivity contribution in [3.8, 4) is 0 Å². The fraction of sp³-hybridized carbons (Fsp3) is 0.944. The minimum Gasteiger partial charge on any atom is -0.462 e. The van der Waals surface area contributed by atoms with Crippen molar-refractivity contribution in [1.82, 2.24) is 0 Å². The molecule has 0 radical (unpaired) electrons. The highest BCUT2D eigenvalue weighted by atomic mass is 31.2. The minimum atomic E-state index is -4.95. The van der Waals surface area contributed by atoms with E-state index in [1.807, 2.05) is 0 Å². The number of unbranched alkanes of at least 4 members (excludes halogenated alkanes) is 46. The zero-order chi connectivity index (χ0) is 66.1. The van der Waals surface area contributed by atoms with E-state index >= 15 is 0 Å². The number of carbonyl (C=O) groups is 4. The smallest absolute Gasteiger partial charge is 0.462 e.